The molecule has 0 amide bonds. The lowest BCUT2D eigenvalue weighted by molar-refractivity contribution is 0.927. The molecular weight excluding hydrogens is 202 g/mol. The van der Waals surface area contributed by atoms with E-state index >= 15 is 0 Å². The van der Waals surface area contributed by atoms with Crippen LogP contribution in [-0.2, 0) is 0 Å². The largest absolute Gasteiger partial charge is 0.259 e. The number of hydrogen-bond acceptors (Lipinski definition) is 1. The second kappa shape index (κ2) is 3.54. The predicted octanol–water partition coefficient (Wildman–Crippen LogP) is 2.58. The van der Waals surface area contributed by atoms with Crippen LogP contribution in [0.25, 0.3) is 0 Å². The summed E-state index contributed by atoms with van der Waals surface area (Å²) in [4.78, 5) is 4.16. The average molecular weight is 210 g/mol. The van der Waals surface area contributed by atoms with E-state index in [0.29, 0.717) is 0 Å². The summed E-state index contributed by atoms with van der Waals surface area (Å²) in [7, 11) is 0. The normalized spacial score (nSPS) is 12.1. The summed E-state index contributed by atoms with van der Waals surface area (Å²) in [6.45, 7) is 1.95. The van der Waals surface area contributed by atoms with Gasteiger partial charge in [0.2, 0.25) is 0 Å². The molecule has 1 aromatic rings. The van der Waals surface area contributed by atoms with Crippen LogP contribution in [0.1, 0.15) is 18.5 Å². The summed E-state index contributed by atoms with van der Waals surface area (Å²) >= 11 is 3.38. The molecule has 0 aliphatic heterocycles. The van der Waals surface area contributed by atoms with Crippen molar-refractivity contribution in [2.45, 2.75) is 12.8 Å². The summed E-state index contributed by atoms with van der Waals surface area (Å²) < 4.78 is 0.977. The number of pyridine rings is 1. The SMILES string of the molecule is C#CC(C)c1ncccc1Br. The van der Waals surface area contributed by atoms with Crippen molar-refractivity contribution in [2.75, 3.05) is 0 Å². The number of halogens is 1. The Labute approximate surface area is 75.0 Å². The molecule has 0 bridgehead atoms. The first kappa shape index (κ1) is 8.29. The molecule has 1 nitrogen and oxygen atoms in total. The summed E-state index contributed by atoms with van der Waals surface area (Å²) in [5.74, 6) is 2.70. The van der Waals surface area contributed by atoms with Gasteiger partial charge in [-0.3, -0.25) is 4.98 Å². The Kier molecular flexibility index (Phi) is 2.67. The maximum absolute atomic E-state index is 5.26. The van der Waals surface area contributed by atoms with Crippen LogP contribution in [0.4, 0.5) is 0 Å². The first-order chi connectivity index (χ1) is 5.25. The summed E-state index contributed by atoms with van der Waals surface area (Å²) in [6.07, 6.45) is 7.01. The maximum Gasteiger partial charge on any atom is 0.0692 e. The van der Waals surface area contributed by atoms with Gasteiger partial charge >= 0.3 is 0 Å². The van der Waals surface area contributed by atoms with Crippen molar-refractivity contribution >= 4 is 15.9 Å². The molecule has 56 valence electrons. The molecule has 0 aliphatic carbocycles. The Morgan fingerprint density at radius 3 is 3.00 bits per heavy atom. The van der Waals surface area contributed by atoms with Crippen LogP contribution in [0.3, 0.4) is 0 Å². The highest BCUT2D eigenvalue weighted by atomic mass is 79.9. The van der Waals surface area contributed by atoms with Crippen LogP contribution in [0, 0.1) is 12.3 Å². The molecule has 0 aliphatic rings. The molecule has 0 spiro atoms. The average Bonchev–Trinajstić information content (AvgIpc) is 2.04. The van der Waals surface area contributed by atoms with Crippen LogP contribution in [-0.4, -0.2) is 4.98 Å². The highest BCUT2D eigenvalue weighted by molar-refractivity contribution is 9.10. The van der Waals surface area contributed by atoms with Crippen LogP contribution in [0.15, 0.2) is 22.8 Å². The third-order valence-corrected chi connectivity index (χ3v) is 2.12. The highest BCUT2D eigenvalue weighted by Crippen LogP contribution is 2.20. The van der Waals surface area contributed by atoms with Crippen molar-refractivity contribution in [3.63, 3.8) is 0 Å². The Hall–Kier alpha value is -0.810. The van der Waals surface area contributed by atoms with E-state index in [2.05, 4.69) is 26.8 Å². The van der Waals surface area contributed by atoms with E-state index in [9.17, 15) is 0 Å². The standard InChI is InChI=1S/C9H8BrN/c1-3-7(2)9-8(10)5-4-6-11-9/h1,4-7H,2H3. The van der Waals surface area contributed by atoms with Crippen molar-refractivity contribution in [1.82, 2.24) is 4.98 Å². The third-order valence-electron chi connectivity index (χ3n) is 1.45. The van der Waals surface area contributed by atoms with Crippen LogP contribution in [0.2, 0.25) is 0 Å². The van der Waals surface area contributed by atoms with Gasteiger partial charge < -0.3 is 0 Å². The van der Waals surface area contributed by atoms with Crippen LogP contribution < -0.4 is 0 Å². The number of rotatable bonds is 1. The highest BCUT2D eigenvalue weighted by Gasteiger charge is 2.05. The zero-order valence-electron chi connectivity index (χ0n) is 6.21. The van der Waals surface area contributed by atoms with Crippen LogP contribution >= 0.6 is 15.9 Å². The number of aromatic nitrogens is 1. The van der Waals surface area contributed by atoms with Gasteiger partial charge in [-0.25, -0.2) is 0 Å². The maximum atomic E-state index is 5.26. The monoisotopic (exact) mass is 209 g/mol. The minimum Gasteiger partial charge on any atom is -0.259 e. The van der Waals surface area contributed by atoms with Gasteiger partial charge in [-0.15, -0.1) is 6.42 Å². The molecular formula is C9H8BrN. The van der Waals surface area contributed by atoms with Gasteiger partial charge in [0.15, 0.2) is 0 Å². The van der Waals surface area contributed by atoms with Gasteiger partial charge in [0.05, 0.1) is 11.6 Å². The minimum atomic E-state index is 0.0746. The van der Waals surface area contributed by atoms with Gasteiger partial charge in [-0.1, -0.05) is 5.92 Å². The van der Waals surface area contributed by atoms with E-state index in [1.807, 2.05) is 19.1 Å². The molecule has 0 saturated carbocycles. The molecule has 1 unspecified atom stereocenters. The molecule has 0 aromatic carbocycles. The Morgan fingerprint density at radius 1 is 1.73 bits per heavy atom. The second-order valence-electron chi connectivity index (χ2n) is 2.26. The minimum absolute atomic E-state index is 0.0746. The Balaban J connectivity index is 3.05. The third kappa shape index (κ3) is 1.81. The van der Waals surface area contributed by atoms with Gasteiger partial charge in [0.1, 0.15) is 0 Å². The number of terminal acetylenes is 1. The molecule has 2 heteroatoms. The van der Waals surface area contributed by atoms with E-state index in [-0.39, 0.29) is 5.92 Å². The lowest BCUT2D eigenvalue weighted by Crippen LogP contribution is -1.94. The fourth-order valence-corrected chi connectivity index (χ4v) is 1.39. The van der Waals surface area contributed by atoms with E-state index in [1.54, 1.807) is 6.20 Å². The van der Waals surface area contributed by atoms with Crippen molar-refractivity contribution in [3.05, 3.63) is 28.5 Å². The molecule has 0 N–H and O–H groups in total. The predicted molar refractivity (Wildman–Crippen MR) is 49.2 cm³/mol. The van der Waals surface area contributed by atoms with E-state index in [1.165, 1.54) is 0 Å². The zero-order chi connectivity index (χ0) is 8.27. The molecule has 1 aromatic heterocycles. The van der Waals surface area contributed by atoms with Crippen LogP contribution in [0.5, 0.6) is 0 Å². The lowest BCUT2D eigenvalue weighted by Gasteiger charge is -2.04. The summed E-state index contributed by atoms with van der Waals surface area (Å²) in [6, 6.07) is 3.81. The van der Waals surface area contributed by atoms with Gasteiger partial charge in [-0.2, -0.15) is 0 Å². The van der Waals surface area contributed by atoms with Crippen molar-refractivity contribution in [3.8, 4) is 12.3 Å². The molecule has 1 heterocycles. The van der Waals surface area contributed by atoms with Crippen molar-refractivity contribution < 1.29 is 0 Å². The first-order valence-corrected chi connectivity index (χ1v) is 4.11. The fourth-order valence-electron chi connectivity index (χ4n) is 0.795. The molecule has 0 saturated heterocycles. The summed E-state index contributed by atoms with van der Waals surface area (Å²) in [5.41, 5.74) is 0.926. The zero-order valence-corrected chi connectivity index (χ0v) is 7.80. The number of nitrogens with zero attached hydrogens (tertiary/aromatic N) is 1. The molecule has 11 heavy (non-hydrogen) atoms. The second-order valence-corrected chi connectivity index (χ2v) is 3.11. The molecule has 1 rings (SSSR count). The Morgan fingerprint density at radius 2 is 2.45 bits per heavy atom. The smallest absolute Gasteiger partial charge is 0.0692 e. The molecule has 0 radical (unpaired) electrons. The first-order valence-electron chi connectivity index (χ1n) is 3.32. The van der Waals surface area contributed by atoms with Gasteiger partial charge in [0.25, 0.3) is 0 Å². The topological polar surface area (TPSA) is 12.9 Å². The van der Waals surface area contributed by atoms with E-state index < -0.39 is 0 Å². The van der Waals surface area contributed by atoms with Crippen molar-refractivity contribution in [2.24, 2.45) is 0 Å². The van der Waals surface area contributed by atoms with E-state index in [4.69, 9.17) is 6.42 Å². The summed E-state index contributed by atoms with van der Waals surface area (Å²) in [5, 5.41) is 0. The fraction of sp³-hybridized carbons (Fsp3) is 0.222. The molecule has 1 atom stereocenters. The van der Waals surface area contributed by atoms with Gasteiger partial charge in [-0.05, 0) is 35.0 Å². The van der Waals surface area contributed by atoms with Crippen molar-refractivity contribution in [1.29, 1.82) is 0 Å². The number of hydrogen-bond donors (Lipinski definition) is 0. The van der Waals surface area contributed by atoms with Gasteiger partial charge in [0, 0.05) is 10.7 Å². The lowest BCUT2D eigenvalue weighted by atomic mass is 10.1. The molecule has 0 fully saturated rings. The quantitative estimate of drug-likeness (QED) is 0.649. The Bertz CT molecular complexity index is 288. The van der Waals surface area contributed by atoms with E-state index in [0.717, 1.165) is 10.2 Å².